The largest absolute Gasteiger partial charge is 0.492 e. The van der Waals surface area contributed by atoms with Crippen LogP contribution >= 0.6 is 11.6 Å². The van der Waals surface area contributed by atoms with E-state index in [-0.39, 0.29) is 0 Å². The number of hydrogen-bond donors (Lipinski definition) is 1. The fourth-order valence-corrected chi connectivity index (χ4v) is 3.51. The van der Waals surface area contributed by atoms with E-state index in [2.05, 4.69) is 32.2 Å². The number of rotatable bonds is 6. The monoisotopic (exact) mass is 309 g/mol. The molecule has 1 fully saturated rings. The maximum Gasteiger partial charge on any atom is 0.138 e. The third-order valence-corrected chi connectivity index (χ3v) is 4.72. The van der Waals surface area contributed by atoms with Gasteiger partial charge in [0.1, 0.15) is 5.75 Å². The van der Waals surface area contributed by atoms with E-state index in [0.717, 1.165) is 29.7 Å². The Bertz CT molecular complexity index is 447. The van der Waals surface area contributed by atoms with Crippen LogP contribution in [0.25, 0.3) is 0 Å². The molecule has 2 unspecified atom stereocenters. The highest BCUT2D eigenvalue weighted by Crippen LogP contribution is 2.34. The van der Waals surface area contributed by atoms with Crippen LogP contribution in [0.2, 0.25) is 5.02 Å². The Labute approximate surface area is 134 Å². The van der Waals surface area contributed by atoms with E-state index < -0.39 is 0 Å². The molecular formula is C18H28ClNO. The fraction of sp³-hybridized carbons (Fsp3) is 0.667. The second kappa shape index (κ2) is 7.93. The zero-order chi connectivity index (χ0) is 15.2. The molecule has 0 heterocycles. The zero-order valence-corrected chi connectivity index (χ0v) is 14.2. The van der Waals surface area contributed by atoms with Crippen molar-refractivity contribution in [2.75, 3.05) is 11.9 Å². The molecule has 0 bridgehead atoms. The Morgan fingerprint density at radius 1 is 1.29 bits per heavy atom. The first-order chi connectivity index (χ1) is 10.1. The molecule has 1 saturated carbocycles. The van der Waals surface area contributed by atoms with Gasteiger partial charge in [-0.25, -0.2) is 0 Å². The van der Waals surface area contributed by atoms with Gasteiger partial charge in [0, 0.05) is 11.7 Å². The smallest absolute Gasteiger partial charge is 0.138 e. The van der Waals surface area contributed by atoms with Gasteiger partial charge in [0.25, 0.3) is 0 Å². The first-order valence-corrected chi connectivity index (χ1v) is 8.68. The predicted molar refractivity (Wildman–Crippen MR) is 91.4 cm³/mol. The van der Waals surface area contributed by atoms with Crippen LogP contribution in [0.1, 0.15) is 52.9 Å². The molecule has 0 spiro atoms. The van der Waals surface area contributed by atoms with Gasteiger partial charge in [0.2, 0.25) is 0 Å². The molecule has 21 heavy (non-hydrogen) atoms. The first kappa shape index (κ1) is 16.5. The maximum atomic E-state index is 6.32. The molecule has 3 heteroatoms. The summed E-state index contributed by atoms with van der Waals surface area (Å²) in [7, 11) is 0. The Balaban J connectivity index is 2.03. The molecule has 1 aliphatic carbocycles. The van der Waals surface area contributed by atoms with Gasteiger partial charge in [-0.3, -0.25) is 0 Å². The molecule has 0 aromatic heterocycles. The number of benzene rings is 1. The maximum absolute atomic E-state index is 6.32. The molecule has 2 rings (SSSR count). The van der Waals surface area contributed by atoms with Gasteiger partial charge in [-0.15, -0.1) is 0 Å². The summed E-state index contributed by atoms with van der Waals surface area (Å²) >= 11 is 6.32. The van der Waals surface area contributed by atoms with Crippen LogP contribution in [0.4, 0.5) is 5.69 Å². The van der Waals surface area contributed by atoms with Gasteiger partial charge in [-0.05, 0) is 49.3 Å². The quantitative estimate of drug-likeness (QED) is 0.721. The van der Waals surface area contributed by atoms with Crippen LogP contribution < -0.4 is 10.1 Å². The fourth-order valence-electron chi connectivity index (χ4n) is 3.27. The van der Waals surface area contributed by atoms with Gasteiger partial charge < -0.3 is 10.1 Å². The van der Waals surface area contributed by atoms with Crippen molar-refractivity contribution < 1.29 is 4.74 Å². The lowest BCUT2D eigenvalue weighted by Crippen LogP contribution is -2.35. The molecule has 0 aliphatic heterocycles. The summed E-state index contributed by atoms with van der Waals surface area (Å²) in [6.07, 6.45) is 6.28. The minimum absolute atomic E-state index is 0.567. The average molecular weight is 310 g/mol. The van der Waals surface area contributed by atoms with Gasteiger partial charge >= 0.3 is 0 Å². The van der Waals surface area contributed by atoms with Crippen LogP contribution in [-0.2, 0) is 0 Å². The van der Waals surface area contributed by atoms with Crippen LogP contribution in [0.3, 0.4) is 0 Å². The third kappa shape index (κ3) is 4.54. The summed E-state index contributed by atoms with van der Waals surface area (Å²) in [5, 5.41) is 4.40. The summed E-state index contributed by atoms with van der Waals surface area (Å²) < 4.78 is 5.63. The molecule has 1 aromatic carbocycles. The van der Waals surface area contributed by atoms with Crippen LogP contribution in [-0.4, -0.2) is 12.6 Å². The van der Waals surface area contributed by atoms with Crippen molar-refractivity contribution >= 4 is 17.3 Å². The summed E-state index contributed by atoms with van der Waals surface area (Å²) in [6.45, 7) is 7.47. The van der Waals surface area contributed by atoms with E-state index in [0.29, 0.717) is 17.7 Å². The highest BCUT2D eigenvalue weighted by molar-refractivity contribution is 6.32. The van der Waals surface area contributed by atoms with E-state index in [1.165, 1.54) is 25.7 Å². The minimum atomic E-state index is 0.567. The van der Waals surface area contributed by atoms with Gasteiger partial charge in [0.05, 0.1) is 11.6 Å². The molecule has 118 valence electrons. The minimum Gasteiger partial charge on any atom is -0.492 e. The van der Waals surface area contributed by atoms with Crippen molar-refractivity contribution in [3.05, 3.63) is 23.2 Å². The SMILES string of the molecule is CCCOc1ccc(NC2CCCCC2C(C)C)cc1Cl. The van der Waals surface area contributed by atoms with Gasteiger partial charge in [0.15, 0.2) is 0 Å². The Morgan fingerprint density at radius 2 is 2.05 bits per heavy atom. The van der Waals surface area contributed by atoms with E-state index in [9.17, 15) is 0 Å². The molecule has 1 N–H and O–H groups in total. The molecule has 1 aromatic rings. The Hall–Kier alpha value is -0.890. The molecular weight excluding hydrogens is 282 g/mol. The van der Waals surface area contributed by atoms with Crippen molar-refractivity contribution in [2.45, 2.75) is 58.9 Å². The normalized spacial score (nSPS) is 22.3. The Kier molecular flexibility index (Phi) is 6.22. The Morgan fingerprint density at radius 3 is 2.71 bits per heavy atom. The molecule has 1 aliphatic rings. The topological polar surface area (TPSA) is 21.3 Å². The predicted octanol–water partition coefficient (Wildman–Crippen LogP) is 5.76. The van der Waals surface area contributed by atoms with Gasteiger partial charge in [-0.2, -0.15) is 0 Å². The van der Waals surface area contributed by atoms with Crippen molar-refractivity contribution in [1.29, 1.82) is 0 Å². The second-order valence-corrected chi connectivity index (χ2v) is 6.84. The van der Waals surface area contributed by atoms with Gasteiger partial charge in [-0.1, -0.05) is 45.2 Å². The molecule has 2 nitrogen and oxygen atoms in total. The highest BCUT2D eigenvalue weighted by atomic mass is 35.5. The summed E-state index contributed by atoms with van der Waals surface area (Å²) in [6, 6.07) is 6.63. The van der Waals surface area contributed by atoms with E-state index in [4.69, 9.17) is 16.3 Å². The molecule has 0 saturated heterocycles. The van der Waals surface area contributed by atoms with Crippen LogP contribution in [0, 0.1) is 11.8 Å². The second-order valence-electron chi connectivity index (χ2n) is 6.44. The van der Waals surface area contributed by atoms with E-state index in [1.54, 1.807) is 0 Å². The van der Waals surface area contributed by atoms with E-state index in [1.807, 2.05) is 12.1 Å². The lowest BCUT2D eigenvalue weighted by molar-refractivity contribution is 0.254. The lowest BCUT2D eigenvalue weighted by atomic mass is 9.78. The lowest BCUT2D eigenvalue weighted by Gasteiger charge is -2.35. The molecule has 2 atom stereocenters. The number of hydrogen-bond acceptors (Lipinski definition) is 2. The van der Waals surface area contributed by atoms with Crippen molar-refractivity contribution in [1.82, 2.24) is 0 Å². The van der Waals surface area contributed by atoms with Crippen molar-refractivity contribution in [2.24, 2.45) is 11.8 Å². The molecule has 0 amide bonds. The highest BCUT2D eigenvalue weighted by Gasteiger charge is 2.27. The van der Waals surface area contributed by atoms with Crippen molar-refractivity contribution in [3.63, 3.8) is 0 Å². The summed E-state index contributed by atoms with van der Waals surface area (Å²) in [5.74, 6) is 2.27. The zero-order valence-electron chi connectivity index (χ0n) is 13.5. The van der Waals surface area contributed by atoms with Crippen LogP contribution in [0.15, 0.2) is 18.2 Å². The molecule has 0 radical (unpaired) electrons. The standard InChI is InChI=1S/C18H28ClNO/c1-4-11-21-18-10-9-14(12-16(18)19)20-17-8-6-5-7-15(17)13(2)3/h9-10,12-13,15,17,20H,4-8,11H2,1-3H3. The van der Waals surface area contributed by atoms with Crippen LogP contribution in [0.5, 0.6) is 5.75 Å². The first-order valence-electron chi connectivity index (χ1n) is 8.30. The van der Waals surface area contributed by atoms with Crippen molar-refractivity contribution in [3.8, 4) is 5.75 Å². The summed E-state index contributed by atoms with van der Waals surface area (Å²) in [5.41, 5.74) is 1.11. The number of halogens is 1. The van der Waals surface area contributed by atoms with E-state index >= 15 is 0 Å². The third-order valence-electron chi connectivity index (χ3n) is 4.42. The number of nitrogens with one attached hydrogen (secondary N) is 1. The number of anilines is 1. The average Bonchev–Trinajstić information content (AvgIpc) is 2.47. The number of ether oxygens (including phenoxy) is 1. The summed E-state index contributed by atoms with van der Waals surface area (Å²) in [4.78, 5) is 0.